The number of nitrogen functional groups attached to an aromatic ring is 1. The number of carbonyl (C=O) groups is 1. The van der Waals surface area contributed by atoms with Crippen LogP contribution in [-0.4, -0.2) is 29.9 Å². The van der Waals surface area contributed by atoms with Gasteiger partial charge in [-0.1, -0.05) is 19.1 Å². The van der Waals surface area contributed by atoms with Crippen LogP contribution in [0.2, 0.25) is 0 Å². The molecule has 1 aliphatic heterocycles. The fraction of sp³-hybridized carbons (Fsp3) is 0.533. The lowest BCUT2D eigenvalue weighted by Gasteiger charge is -2.33. The van der Waals surface area contributed by atoms with E-state index in [2.05, 4.69) is 23.2 Å². The number of nitrogens with zero attached hydrogens (tertiary/aromatic N) is 1. The van der Waals surface area contributed by atoms with E-state index in [0.29, 0.717) is 0 Å². The van der Waals surface area contributed by atoms with E-state index in [0.717, 1.165) is 38.2 Å². The normalized spacial score (nSPS) is 16.7. The molecule has 3 N–H and O–H groups in total. The Morgan fingerprint density at radius 3 is 3.05 bits per heavy atom. The second kappa shape index (κ2) is 6.06. The first-order chi connectivity index (χ1) is 9.13. The Hall–Kier alpha value is -1.55. The number of rotatable bonds is 4. The average Bonchev–Trinajstić information content (AvgIpc) is 2.44. The minimum atomic E-state index is -0.0979. The number of hydrogen-bond donors (Lipinski definition) is 2. The van der Waals surface area contributed by atoms with Crippen LogP contribution in [0.1, 0.15) is 31.4 Å². The first-order valence-electron chi connectivity index (χ1n) is 7.01. The quantitative estimate of drug-likeness (QED) is 0.808. The van der Waals surface area contributed by atoms with Crippen LogP contribution in [0.25, 0.3) is 0 Å². The molecule has 1 aromatic carbocycles. The van der Waals surface area contributed by atoms with Crippen LogP contribution in [0.15, 0.2) is 18.2 Å². The van der Waals surface area contributed by atoms with Gasteiger partial charge in [0.05, 0.1) is 6.04 Å². The van der Waals surface area contributed by atoms with Crippen LogP contribution in [0.5, 0.6) is 0 Å². The lowest BCUT2D eigenvalue weighted by atomic mass is 9.97. The van der Waals surface area contributed by atoms with Crippen molar-refractivity contribution in [1.29, 1.82) is 0 Å². The second-order valence-electron chi connectivity index (χ2n) is 5.17. The number of benzene rings is 1. The van der Waals surface area contributed by atoms with E-state index in [1.807, 2.05) is 19.1 Å². The second-order valence-corrected chi connectivity index (χ2v) is 5.17. The fourth-order valence-corrected chi connectivity index (χ4v) is 2.52. The smallest absolute Gasteiger partial charge is 0.237 e. The number of carbonyl (C=O) groups excluding carboxylic acids is 1. The molecule has 104 valence electrons. The number of fused-ring (bicyclic) bond motifs is 1. The molecule has 1 aliphatic rings. The molecule has 4 nitrogen and oxygen atoms in total. The van der Waals surface area contributed by atoms with Gasteiger partial charge in [-0.25, -0.2) is 0 Å². The molecule has 19 heavy (non-hydrogen) atoms. The summed E-state index contributed by atoms with van der Waals surface area (Å²) in [6, 6.07) is 5.97. The van der Waals surface area contributed by atoms with Crippen molar-refractivity contribution in [1.82, 2.24) is 10.2 Å². The van der Waals surface area contributed by atoms with Crippen molar-refractivity contribution in [2.24, 2.45) is 0 Å². The van der Waals surface area contributed by atoms with Crippen molar-refractivity contribution in [3.05, 3.63) is 29.3 Å². The van der Waals surface area contributed by atoms with Gasteiger partial charge in [-0.05, 0) is 37.0 Å². The predicted molar refractivity (Wildman–Crippen MR) is 77.7 cm³/mol. The molecule has 0 fully saturated rings. The highest BCUT2D eigenvalue weighted by atomic mass is 16.2. The maximum atomic E-state index is 12.0. The van der Waals surface area contributed by atoms with E-state index in [9.17, 15) is 4.79 Å². The van der Waals surface area contributed by atoms with Crippen molar-refractivity contribution in [3.63, 3.8) is 0 Å². The van der Waals surface area contributed by atoms with Gasteiger partial charge >= 0.3 is 0 Å². The van der Waals surface area contributed by atoms with E-state index in [4.69, 9.17) is 5.73 Å². The Morgan fingerprint density at radius 1 is 1.53 bits per heavy atom. The number of anilines is 1. The van der Waals surface area contributed by atoms with Gasteiger partial charge in [0.1, 0.15) is 0 Å². The molecule has 0 saturated carbocycles. The zero-order chi connectivity index (χ0) is 13.8. The molecule has 1 heterocycles. The minimum Gasteiger partial charge on any atom is -0.398 e. The Balaban J connectivity index is 2.05. The van der Waals surface area contributed by atoms with Crippen LogP contribution < -0.4 is 11.1 Å². The summed E-state index contributed by atoms with van der Waals surface area (Å²) in [6.07, 6.45) is 1.93. The maximum Gasteiger partial charge on any atom is 0.237 e. The van der Waals surface area contributed by atoms with E-state index in [1.54, 1.807) is 0 Å². The molecular weight excluding hydrogens is 238 g/mol. The maximum absolute atomic E-state index is 12.0. The topological polar surface area (TPSA) is 58.4 Å². The van der Waals surface area contributed by atoms with Gasteiger partial charge in [-0.3, -0.25) is 9.69 Å². The van der Waals surface area contributed by atoms with Crippen LogP contribution in [0.3, 0.4) is 0 Å². The molecule has 2 rings (SSSR count). The van der Waals surface area contributed by atoms with Crippen LogP contribution in [0.4, 0.5) is 5.69 Å². The van der Waals surface area contributed by atoms with Crippen LogP contribution in [0, 0.1) is 0 Å². The first-order valence-corrected chi connectivity index (χ1v) is 7.01. The Morgan fingerprint density at radius 2 is 2.32 bits per heavy atom. The number of nitrogens with one attached hydrogen (secondary N) is 1. The summed E-state index contributed by atoms with van der Waals surface area (Å²) in [6.45, 7) is 6.45. The molecule has 0 aromatic heterocycles. The summed E-state index contributed by atoms with van der Waals surface area (Å²) in [5, 5.41) is 2.96. The summed E-state index contributed by atoms with van der Waals surface area (Å²) < 4.78 is 0. The summed E-state index contributed by atoms with van der Waals surface area (Å²) in [7, 11) is 0. The molecule has 1 aromatic rings. The van der Waals surface area contributed by atoms with E-state index < -0.39 is 0 Å². The van der Waals surface area contributed by atoms with Crippen molar-refractivity contribution >= 4 is 11.6 Å². The largest absolute Gasteiger partial charge is 0.398 e. The molecule has 0 aliphatic carbocycles. The fourth-order valence-electron chi connectivity index (χ4n) is 2.52. The number of amides is 1. The molecular formula is C15H23N3O. The monoisotopic (exact) mass is 261 g/mol. The van der Waals surface area contributed by atoms with Crippen molar-refractivity contribution in [2.45, 2.75) is 39.3 Å². The SMILES string of the molecule is CCCNC(=O)C(C)N1CCc2cccc(N)c2C1. The van der Waals surface area contributed by atoms with Crippen LogP contribution in [-0.2, 0) is 17.8 Å². The number of hydrogen-bond acceptors (Lipinski definition) is 3. The third-order valence-corrected chi connectivity index (χ3v) is 3.82. The van der Waals surface area contributed by atoms with Gasteiger partial charge in [0.2, 0.25) is 5.91 Å². The average molecular weight is 261 g/mol. The van der Waals surface area contributed by atoms with E-state index in [-0.39, 0.29) is 11.9 Å². The summed E-state index contributed by atoms with van der Waals surface area (Å²) in [5.41, 5.74) is 9.37. The van der Waals surface area contributed by atoms with E-state index in [1.165, 1.54) is 11.1 Å². The minimum absolute atomic E-state index is 0.0979. The lowest BCUT2D eigenvalue weighted by Crippen LogP contribution is -2.47. The third-order valence-electron chi connectivity index (χ3n) is 3.82. The summed E-state index contributed by atoms with van der Waals surface area (Å²) in [5.74, 6) is 0.111. The van der Waals surface area contributed by atoms with Gasteiger partial charge in [0.25, 0.3) is 0 Å². The van der Waals surface area contributed by atoms with Crippen molar-refractivity contribution in [3.8, 4) is 0 Å². The van der Waals surface area contributed by atoms with Gasteiger partial charge in [-0.2, -0.15) is 0 Å². The molecule has 0 saturated heterocycles. The molecule has 1 atom stereocenters. The third kappa shape index (κ3) is 3.07. The van der Waals surface area contributed by atoms with Gasteiger partial charge in [0.15, 0.2) is 0 Å². The zero-order valence-electron chi connectivity index (χ0n) is 11.8. The van der Waals surface area contributed by atoms with Crippen molar-refractivity contribution < 1.29 is 4.79 Å². The molecule has 1 amide bonds. The zero-order valence-corrected chi connectivity index (χ0v) is 11.8. The summed E-state index contributed by atoms with van der Waals surface area (Å²) in [4.78, 5) is 14.2. The highest BCUT2D eigenvalue weighted by Gasteiger charge is 2.25. The number of nitrogens with two attached hydrogens (primary N) is 1. The van der Waals surface area contributed by atoms with Crippen molar-refractivity contribution in [2.75, 3.05) is 18.8 Å². The van der Waals surface area contributed by atoms with Gasteiger partial charge in [0, 0.05) is 25.3 Å². The lowest BCUT2D eigenvalue weighted by molar-refractivity contribution is -0.126. The summed E-state index contributed by atoms with van der Waals surface area (Å²) >= 11 is 0. The Kier molecular flexibility index (Phi) is 4.43. The Labute approximate surface area is 115 Å². The molecule has 4 heteroatoms. The highest BCUT2D eigenvalue weighted by Crippen LogP contribution is 2.25. The molecule has 0 bridgehead atoms. The highest BCUT2D eigenvalue weighted by molar-refractivity contribution is 5.81. The Bertz CT molecular complexity index is 459. The van der Waals surface area contributed by atoms with Gasteiger partial charge < -0.3 is 11.1 Å². The first kappa shape index (κ1) is 13.9. The van der Waals surface area contributed by atoms with Crippen LogP contribution >= 0.6 is 0 Å². The van der Waals surface area contributed by atoms with Gasteiger partial charge in [-0.15, -0.1) is 0 Å². The predicted octanol–water partition coefficient (Wildman–Crippen LogP) is 1.54. The standard InChI is InChI=1S/C15H23N3O/c1-3-8-17-15(19)11(2)18-9-7-12-5-4-6-14(16)13(12)10-18/h4-6,11H,3,7-10,16H2,1-2H3,(H,17,19). The molecule has 1 unspecified atom stereocenters. The molecule has 0 radical (unpaired) electrons. The van der Waals surface area contributed by atoms with E-state index >= 15 is 0 Å². The molecule has 0 spiro atoms.